The van der Waals surface area contributed by atoms with Crippen LogP contribution in [0.1, 0.15) is 42.5 Å². The molecule has 28 heavy (non-hydrogen) atoms. The number of H-pyrrole nitrogens is 1. The van der Waals surface area contributed by atoms with Gasteiger partial charge in [-0.3, -0.25) is 25.0 Å². The molecule has 0 saturated heterocycles. The van der Waals surface area contributed by atoms with E-state index < -0.39 is 5.56 Å². The van der Waals surface area contributed by atoms with Crippen LogP contribution in [0.2, 0.25) is 0 Å². The standard InChI is InChI=1S/C20H27N5O3/c1-24(10-11-28-2)20(27)14-8-9-15-16(12-14)25(18(22)19(26)23-15)17(21)13-6-4-3-5-7-13/h8-9,12-13,21-22H,3-7,10-11H2,1-2H3,(H,23,26). The van der Waals surface area contributed by atoms with Crippen LogP contribution in [0.15, 0.2) is 23.0 Å². The highest BCUT2D eigenvalue weighted by Gasteiger charge is 2.22. The normalized spacial score (nSPS) is 14.9. The monoisotopic (exact) mass is 385 g/mol. The van der Waals surface area contributed by atoms with Gasteiger partial charge < -0.3 is 14.6 Å². The maximum Gasteiger partial charge on any atom is 0.291 e. The molecule has 3 rings (SSSR count). The second-order valence-electron chi connectivity index (χ2n) is 7.31. The Morgan fingerprint density at radius 2 is 2.04 bits per heavy atom. The number of benzene rings is 1. The van der Waals surface area contributed by atoms with Crippen LogP contribution in [0.4, 0.5) is 0 Å². The zero-order valence-corrected chi connectivity index (χ0v) is 16.4. The molecule has 1 amide bonds. The number of carbonyl (C=O) groups is 1. The number of hydrogen-bond acceptors (Lipinski definition) is 5. The van der Waals surface area contributed by atoms with Crippen molar-refractivity contribution < 1.29 is 9.53 Å². The number of amides is 1. The molecule has 0 spiro atoms. The summed E-state index contributed by atoms with van der Waals surface area (Å²) in [4.78, 5) is 29.2. The molecule has 2 aromatic rings. The molecule has 0 unspecified atom stereocenters. The van der Waals surface area contributed by atoms with Crippen LogP contribution >= 0.6 is 0 Å². The first-order valence-electron chi connectivity index (χ1n) is 9.61. The number of nitrogens with zero attached hydrogens (tertiary/aromatic N) is 2. The summed E-state index contributed by atoms with van der Waals surface area (Å²) in [5.41, 5.74) is 0.649. The van der Waals surface area contributed by atoms with Crippen molar-refractivity contribution in [3.05, 3.63) is 39.6 Å². The molecule has 1 heterocycles. The summed E-state index contributed by atoms with van der Waals surface area (Å²) in [5.74, 6) is 0.113. The highest BCUT2D eigenvalue weighted by Crippen LogP contribution is 2.25. The number of rotatable bonds is 5. The van der Waals surface area contributed by atoms with Crippen molar-refractivity contribution in [2.24, 2.45) is 5.92 Å². The van der Waals surface area contributed by atoms with Gasteiger partial charge in [-0.1, -0.05) is 19.3 Å². The van der Waals surface area contributed by atoms with Crippen LogP contribution in [0, 0.1) is 16.7 Å². The summed E-state index contributed by atoms with van der Waals surface area (Å²) < 4.78 is 6.42. The fourth-order valence-corrected chi connectivity index (χ4v) is 3.72. The number of aromatic nitrogens is 2. The average molecular weight is 385 g/mol. The van der Waals surface area contributed by atoms with E-state index in [0.29, 0.717) is 29.7 Å². The van der Waals surface area contributed by atoms with Gasteiger partial charge in [0.2, 0.25) is 0 Å². The molecule has 8 nitrogen and oxygen atoms in total. The number of nitrogens with one attached hydrogen (secondary N) is 3. The summed E-state index contributed by atoms with van der Waals surface area (Å²) in [6.45, 7) is 0.896. The maximum absolute atomic E-state index is 12.7. The molecule has 0 bridgehead atoms. The molecule has 1 aliphatic carbocycles. The third-order valence-electron chi connectivity index (χ3n) is 5.38. The van der Waals surface area contributed by atoms with Gasteiger partial charge in [-0.05, 0) is 31.0 Å². The molecule has 1 saturated carbocycles. The Morgan fingerprint density at radius 1 is 1.32 bits per heavy atom. The van der Waals surface area contributed by atoms with Gasteiger partial charge >= 0.3 is 0 Å². The molecule has 0 atom stereocenters. The fraction of sp³-hybridized carbons (Fsp3) is 0.500. The third kappa shape index (κ3) is 3.91. The Morgan fingerprint density at radius 3 is 2.71 bits per heavy atom. The van der Waals surface area contributed by atoms with Gasteiger partial charge in [0.1, 0.15) is 5.84 Å². The second-order valence-corrected chi connectivity index (χ2v) is 7.31. The molecule has 3 N–H and O–H groups in total. The summed E-state index contributed by atoms with van der Waals surface area (Å²) in [5, 5.41) is 16.9. The van der Waals surface area contributed by atoms with Crippen LogP contribution in [-0.4, -0.2) is 53.5 Å². The number of ether oxygens (including phenoxy) is 1. The van der Waals surface area contributed by atoms with Crippen molar-refractivity contribution in [1.82, 2.24) is 14.5 Å². The molecular formula is C20H27N5O3. The first-order valence-corrected chi connectivity index (χ1v) is 9.61. The smallest absolute Gasteiger partial charge is 0.291 e. The van der Waals surface area contributed by atoms with E-state index in [2.05, 4.69) is 4.98 Å². The molecule has 1 aromatic carbocycles. The number of likely N-dealkylation sites (N-methyl/N-ethyl adjacent to an activating group) is 1. The number of aromatic amines is 1. The Bertz CT molecular complexity index is 1000. The minimum absolute atomic E-state index is 0.0246. The Balaban J connectivity index is 2.07. The number of carbonyl (C=O) groups excluding carboxylic acids is 1. The molecule has 0 radical (unpaired) electrons. The number of methoxy groups -OCH3 is 1. The van der Waals surface area contributed by atoms with Crippen molar-refractivity contribution in [1.29, 1.82) is 10.8 Å². The number of hydrogen-bond donors (Lipinski definition) is 3. The number of fused-ring (bicyclic) bond motifs is 1. The summed E-state index contributed by atoms with van der Waals surface area (Å²) in [6.07, 6.45) is 5.03. The zero-order valence-electron chi connectivity index (χ0n) is 16.4. The molecule has 1 fully saturated rings. The van der Waals surface area contributed by atoms with Gasteiger partial charge in [-0.2, -0.15) is 0 Å². The van der Waals surface area contributed by atoms with Crippen LogP contribution < -0.4 is 11.0 Å². The quantitative estimate of drug-likeness (QED) is 0.539. The molecule has 150 valence electrons. The van der Waals surface area contributed by atoms with Crippen LogP contribution in [-0.2, 0) is 4.74 Å². The van der Waals surface area contributed by atoms with E-state index in [4.69, 9.17) is 15.6 Å². The summed E-state index contributed by atoms with van der Waals surface area (Å²) >= 11 is 0. The largest absolute Gasteiger partial charge is 0.383 e. The highest BCUT2D eigenvalue weighted by molar-refractivity contribution is 5.99. The lowest BCUT2D eigenvalue weighted by Crippen LogP contribution is -2.42. The van der Waals surface area contributed by atoms with Crippen molar-refractivity contribution in [3.8, 4) is 0 Å². The van der Waals surface area contributed by atoms with Crippen molar-refractivity contribution in [3.63, 3.8) is 0 Å². The van der Waals surface area contributed by atoms with E-state index in [1.807, 2.05) is 0 Å². The van der Waals surface area contributed by atoms with E-state index in [0.717, 1.165) is 32.1 Å². The topological polar surface area (TPSA) is 115 Å². The predicted octanol–water partition coefficient (Wildman–Crippen LogP) is 1.93. The lowest BCUT2D eigenvalue weighted by atomic mass is 9.88. The van der Waals surface area contributed by atoms with Gasteiger partial charge in [0.05, 0.1) is 17.6 Å². The first kappa shape index (κ1) is 20.0. The maximum atomic E-state index is 12.7. The molecular weight excluding hydrogens is 358 g/mol. The minimum atomic E-state index is -0.538. The summed E-state index contributed by atoms with van der Waals surface area (Å²) in [6, 6.07) is 4.98. The van der Waals surface area contributed by atoms with Crippen LogP contribution in [0.3, 0.4) is 0 Å². The lowest BCUT2D eigenvalue weighted by Gasteiger charge is -2.24. The Kier molecular flexibility index (Phi) is 6.08. The SMILES string of the molecule is COCCN(C)C(=O)c1ccc2[nH]c(=O)c(=N)n(C(=N)C3CCCCC3)c2c1. The zero-order chi connectivity index (χ0) is 20.3. The average Bonchev–Trinajstić information content (AvgIpc) is 2.72. The van der Waals surface area contributed by atoms with E-state index in [1.165, 1.54) is 4.57 Å². The molecule has 1 aliphatic rings. The van der Waals surface area contributed by atoms with Crippen molar-refractivity contribution >= 4 is 22.8 Å². The third-order valence-corrected chi connectivity index (χ3v) is 5.38. The second kappa shape index (κ2) is 8.52. The van der Waals surface area contributed by atoms with E-state index in [1.54, 1.807) is 37.3 Å². The van der Waals surface area contributed by atoms with Crippen molar-refractivity contribution in [2.75, 3.05) is 27.3 Å². The van der Waals surface area contributed by atoms with Gasteiger partial charge in [0.25, 0.3) is 11.5 Å². The minimum Gasteiger partial charge on any atom is -0.383 e. The van der Waals surface area contributed by atoms with E-state index in [9.17, 15) is 9.59 Å². The predicted molar refractivity (Wildman–Crippen MR) is 107 cm³/mol. The highest BCUT2D eigenvalue weighted by atomic mass is 16.5. The van der Waals surface area contributed by atoms with E-state index >= 15 is 0 Å². The van der Waals surface area contributed by atoms with Gasteiger partial charge in [-0.15, -0.1) is 0 Å². The molecule has 0 aliphatic heterocycles. The molecule has 1 aromatic heterocycles. The summed E-state index contributed by atoms with van der Waals surface area (Å²) in [7, 11) is 3.28. The molecule has 8 heteroatoms. The Hall–Kier alpha value is -2.74. The van der Waals surface area contributed by atoms with Crippen LogP contribution in [0.5, 0.6) is 0 Å². The van der Waals surface area contributed by atoms with E-state index in [-0.39, 0.29) is 23.1 Å². The first-order chi connectivity index (χ1) is 13.4. The van der Waals surface area contributed by atoms with Crippen LogP contribution in [0.25, 0.3) is 11.0 Å². The Labute approximate surface area is 163 Å². The van der Waals surface area contributed by atoms with Gasteiger partial charge in [0, 0.05) is 32.2 Å². The van der Waals surface area contributed by atoms with Gasteiger partial charge in [0.15, 0.2) is 5.49 Å². The fourth-order valence-electron chi connectivity index (χ4n) is 3.72. The van der Waals surface area contributed by atoms with Gasteiger partial charge in [-0.25, -0.2) is 0 Å². The van der Waals surface area contributed by atoms with Crippen molar-refractivity contribution in [2.45, 2.75) is 32.1 Å². The lowest BCUT2D eigenvalue weighted by molar-refractivity contribution is 0.0744.